The third-order valence-electron chi connectivity index (χ3n) is 1.59. The number of nitrogens with zero attached hydrogens (tertiary/aromatic N) is 3. The topological polar surface area (TPSA) is 54.0 Å². The van der Waals surface area contributed by atoms with Gasteiger partial charge in [0.1, 0.15) is 5.84 Å². The second-order valence-electron chi connectivity index (χ2n) is 2.42. The number of alkyl halides is 1. The largest absolute Gasteiger partial charge is 0.311 e. The standard InChI is InChI=1S/C6H10Cl2N4/c1-3-12-4(2)10-5(7)11-6(12,8)9/h3,9H2,1-2H3. The van der Waals surface area contributed by atoms with Crippen molar-refractivity contribution in [3.8, 4) is 0 Å². The minimum atomic E-state index is -1.28. The summed E-state index contributed by atoms with van der Waals surface area (Å²) in [6.07, 6.45) is 0. The Kier molecular flexibility index (Phi) is 2.61. The molecule has 0 aromatic heterocycles. The lowest BCUT2D eigenvalue weighted by atomic mass is 10.4. The van der Waals surface area contributed by atoms with E-state index in [-0.39, 0.29) is 5.29 Å². The molecule has 0 aliphatic carbocycles. The summed E-state index contributed by atoms with van der Waals surface area (Å²) < 4.78 is 0. The van der Waals surface area contributed by atoms with Crippen LogP contribution in [0.4, 0.5) is 0 Å². The number of hydrogen-bond acceptors (Lipinski definition) is 4. The summed E-state index contributed by atoms with van der Waals surface area (Å²) in [5.41, 5.74) is 5.65. The van der Waals surface area contributed by atoms with Gasteiger partial charge in [0.05, 0.1) is 0 Å². The molecule has 2 N–H and O–H groups in total. The fraction of sp³-hybridized carbons (Fsp3) is 0.667. The first-order chi connectivity index (χ1) is 5.47. The van der Waals surface area contributed by atoms with Gasteiger partial charge in [-0.25, -0.2) is 4.99 Å². The van der Waals surface area contributed by atoms with E-state index < -0.39 is 5.25 Å². The van der Waals surface area contributed by atoms with Gasteiger partial charge in [-0.05, 0) is 25.4 Å². The number of hydrogen-bond donors (Lipinski definition) is 1. The van der Waals surface area contributed by atoms with Crippen LogP contribution >= 0.6 is 23.2 Å². The number of rotatable bonds is 1. The Hall–Kier alpha value is -0.320. The number of aliphatic imine (C=N–C) groups is 2. The summed E-state index contributed by atoms with van der Waals surface area (Å²) in [6, 6.07) is 0. The molecule has 1 rings (SSSR count). The molecule has 0 amide bonds. The average molecular weight is 209 g/mol. The van der Waals surface area contributed by atoms with Gasteiger partial charge in [0.2, 0.25) is 5.29 Å². The maximum atomic E-state index is 5.88. The van der Waals surface area contributed by atoms with Crippen molar-refractivity contribution in [3.63, 3.8) is 0 Å². The van der Waals surface area contributed by atoms with E-state index in [0.29, 0.717) is 12.4 Å². The zero-order valence-electron chi connectivity index (χ0n) is 6.88. The molecule has 12 heavy (non-hydrogen) atoms. The van der Waals surface area contributed by atoms with Crippen LogP contribution < -0.4 is 5.73 Å². The van der Waals surface area contributed by atoms with Crippen LogP contribution in [0, 0.1) is 0 Å². The molecule has 0 radical (unpaired) electrons. The van der Waals surface area contributed by atoms with Crippen molar-refractivity contribution in [2.75, 3.05) is 6.54 Å². The van der Waals surface area contributed by atoms with Gasteiger partial charge in [0, 0.05) is 6.54 Å². The van der Waals surface area contributed by atoms with Crippen molar-refractivity contribution in [1.82, 2.24) is 4.90 Å². The molecule has 1 heterocycles. The maximum absolute atomic E-state index is 5.88. The van der Waals surface area contributed by atoms with Crippen LogP contribution in [0.1, 0.15) is 13.8 Å². The third kappa shape index (κ3) is 1.71. The Labute approximate surface area is 81.1 Å². The molecule has 0 fully saturated rings. The van der Waals surface area contributed by atoms with Crippen molar-refractivity contribution in [2.24, 2.45) is 15.7 Å². The molecule has 0 aromatic carbocycles. The van der Waals surface area contributed by atoms with Gasteiger partial charge >= 0.3 is 0 Å². The molecule has 1 aliphatic rings. The van der Waals surface area contributed by atoms with Gasteiger partial charge in [-0.1, -0.05) is 11.6 Å². The fourth-order valence-electron chi connectivity index (χ4n) is 1.09. The molecule has 0 bridgehead atoms. The third-order valence-corrected chi connectivity index (χ3v) is 2.05. The van der Waals surface area contributed by atoms with E-state index in [1.165, 1.54) is 0 Å². The molecule has 0 aromatic rings. The van der Waals surface area contributed by atoms with Crippen molar-refractivity contribution < 1.29 is 0 Å². The molecule has 4 nitrogen and oxygen atoms in total. The van der Waals surface area contributed by atoms with Crippen LogP contribution in [0.3, 0.4) is 0 Å². The number of halogens is 2. The van der Waals surface area contributed by atoms with Gasteiger partial charge in [-0.3, -0.25) is 5.73 Å². The van der Waals surface area contributed by atoms with Gasteiger partial charge in [0.25, 0.3) is 5.25 Å². The Morgan fingerprint density at radius 2 is 2.25 bits per heavy atom. The van der Waals surface area contributed by atoms with Crippen molar-refractivity contribution >= 4 is 34.3 Å². The highest BCUT2D eigenvalue weighted by atomic mass is 35.5. The second kappa shape index (κ2) is 3.20. The van der Waals surface area contributed by atoms with E-state index in [1.54, 1.807) is 11.8 Å². The highest BCUT2D eigenvalue weighted by Gasteiger charge is 2.32. The average Bonchev–Trinajstić information content (AvgIpc) is 1.82. The fourth-order valence-corrected chi connectivity index (χ4v) is 1.70. The molecule has 1 atom stereocenters. The highest BCUT2D eigenvalue weighted by Crippen LogP contribution is 2.21. The van der Waals surface area contributed by atoms with E-state index in [1.807, 2.05) is 6.92 Å². The maximum Gasteiger partial charge on any atom is 0.268 e. The molecular weight excluding hydrogens is 199 g/mol. The smallest absolute Gasteiger partial charge is 0.268 e. The first kappa shape index (κ1) is 9.77. The lowest BCUT2D eigenvalue weighted by Gasteiger charge is -2.35. The van der Waals surface area contributed by atoms with Crippen LogP contribution in [0.2, 0.25) is 0 Å². The molecule has 0 spiro atoms. The van der Waals surface area contributed by atoms with Crippen LogP contribution in [-0.2, 0) is 0 Å². The minimum Gasteiger partial charge on any atom is -0.311 e. The molecule has 1 aliphatic heterocycles. The summed E-state index contributed by atoms with van der Waals surface area (Å²) in [7, 11) is 0. The van der Waals surface area contributed by atoms with Crippen molar-refractivity contribution in [2.45, 2.75) is 19.1 Å². The zero-order chi connectivity index (χ0) is 9.35. The van der Waals surface area contributed by atoms with Crippen molar-refractivity contribution in [3.05, 3.63) is 0 Å². The Balaban J connectivity index is 2.99. The van der Waals surface area contributed by atoms with E-state index >= 15 is 0 Å². The summed E-state index contributed by atoms with van der Waals surface area (Å²) in [6.45, 7) is 4.34. The van der Waals surface area contributed by atoms with Crippen molar-refractivity contribution in [1.29, 1.82) is 0 Å². The Bertz CT molecular complexity index is 246. The summed E-state index contributed by atoms with van der Waals surface area (Å²) in [5.74, 6) is 0.676. The summed E-state index contributed by atoms with van der Waals surface area (Å²) in [4.78, 5) is 9.36. The molecule has 68 valence electrons. The van der Waals surface area contributed by atoms with Gasteiger partial charge in [-0.2, -0.15) is 4.99 Å². The van der Waals surface area contributed by atoms with E-state index in [9.17, 15) is 0 Å². The molecule has 1 unspecified atom stereocenters. The summed E-state index contributed by atoms with van der Waals surface area (Å²) >= 11 is 11.5. The second-order valence-corrected chi connectivity index (χ2v) is 3.31. The van der Waals surface area contributed by atoms with Gasteiger partial charge < -0.3 is 4.90 Å². The monoisotopic (exact) mass is 208 g/mol. The SMILES string of the molecule is CCN1C(C)=NC(Cl)=NC1(N)Cl. The quantitative estimate of drug-likeness (QED) is 0.520. The van der Waals surface area contributed by atoms with Gasteiger partial charge in [-0.15, -0.1) is 0 Å². The molecular formula is C6H10Cl2N4. The predicted molar refractivity (Wildman–Crippen MR) is 51.5 cm³/mol. The Morgan fingerprint density at radius 3 is 2.67 bits per heavy atom. The molecule has 6 heteroatoms. The molecule has 0 saturated heterocycles. The van der Waals surface area contributed by atoms with E-state index in [4.69, 9.17) is 28.9 Å². The van der Waals surface area contributed by atoms with E-state index in [2.05, 4.69) is 9.98 Å². The first-order valence-corrected chi connectivity index (χ1v) is 4.29. The van der Waals surface area contributed by atoms with E-state index in [0.717, 1.165) is 0 Å². The summed E-state index contributed by atoms with van der Waals surface area (Å²) in [5, 5.41) is -1.19. The van der Waals surface area contributed by atoms with Crippen LogP contribution in [0.5, 0.6) is 0 Å². The zero-order valence-corrected chi connectivity index (χ0v) is 8.39. The minimum absolute atomic E-state index is 0.0923. The lowest BCUT2D eigenvalue weighted by molar-refractivity contribution is 0.289. The normalized spacial score (nSPS) is 29.9. The lowest BCUT2D eigenvalue weighted by Crippen LogP contribution is -2.54. The Morgan fingerprint density at radius 1 is 1.67 bits per heavy atom. The van der Waals surface area contributed by atoms with Crippen LogP contribution in [0.15, 0.2) is 9.98 Å². The van der Waals surface area contributed by atoms with Gasteiger partial charge in [0.15, 0.2) is 0 Å². The van der Waals surface area contributed by atoms with Crippen LogP contribution in [0.25, 0.3) is 0 Å². The number of nitrogens with two attached hydrogens (primary N) is 1. The number of amidine groups is 2. The molecule has 0 saturated carbocycles. The van der Waals surface area contributed by atoms with Crippen LogP contribution in [-0.4, -0.2) is 27.8 Å². The highest BCUT2D eigenvalue weighted by molar-refractivity contribution is 6.66. The first-order valence-electron chi connectivity index (χ1n) is 3.53. The predicted octanol–water partition coefficient (Wildman–Crippen LogP) is 1.14.